The van der Waals surface area contributed by atoms with Crippen LogP contribution in [0.4, 0.5) is 5.69 Å². The van der Waals surface area contributed by atoms with Gasteiger partial charge in [0.05, 0.1) is 25.6 Å². The van der Waals surface area contributed by atoms with Gasteiger partial charge in [-0.1, -0.05) is 12.1 Å². The van der Waals surface area contributed by atoms with E-state index >= 15 is 0 Å². The highest BCUT2D eigenvalue weighted by Gasteiger charge is 2.18. The standard InChI is InChI=1S/C28H27N5O3/c1-17-10-11-33-16-24(29-27(33)12-17)19-7-6-18(2)22(13-19)30-28(34)25-15-23(31-32(25)3)21-14-20(35-4)8-9-26(21)36-5/h6-16H,1-5H3,(H,30,34). The molecule has 5 rings (SSSR count). The molecule has 2 aromatic carbocycles. The van der Waals surface area contributed by atoms with E-state index in [4.69, 9.17) is 14.5 Å². The van der Waals surface area contributed by atoms with E-state index in [0.29, 0.717) is 28.6 Å². The summed E-state index contributed by atoms with van der Waals surface area (Å²) in [7, 11) is 4.95. The summed E-state index contributed by atoms with van der Waals surface area (Å²) in [6, 6.07) is 17.2. The molecule has 0 spiro atoms. The molecule has 0 aliphatic carbocycles. The number of pyridine rings is 1. The molecule has 0 atom stereocenters. The third kappa shape index (κ3) is 4.29. The van der Waals surface area contributed by atoms with Crippen LogP contribution in [0, 0.1) is 13.8 Å². The molecule has 1 N–H and O–H groups in total. The van der Waals surface area contributed by atoms with Crippen molar-refractivity contribution in [2.75, 3.05) is 19.5 Å². The second-order valence-electron chi connectivity index (χ2n) is 8.68. The summed E-state index contributed by atoms with van der Waals surface area (Å²) in [5.74, 6) is 1.06. The van der Waals surface area contributed by atoms with E-state index in [1.165, 1.54) is 0 Å². The molecule has 0 bridgehead atoms. The Labute approximate surface area is 209 Å². The Morgan fingerprint density at radius 2 is 1.78 bits per heavy atom. The van der Waals surface area contributed by atoms with Gasteiger partial charge in [0, 0.05) is 36.3 Å². The number of carbonyl (C=O) groups is 1. The number of fused-ring (bicyclic) bond motifs is 1. The number of hydrogen-bond donors (Lipinski definition) is 1. The number of amides is 1. The number of methoxy groups -OCH3 is 2. The third-order valence-corrected chi connectivity index (χ3v) is 6.19. The summed E-state index contributed by atoms with van der Waals surface area (Å²) in [4.78, 5) is 18.0. The number of ether oxygens (including phenoxy) is 2. The van der Waals surface area contributed by atoms with Gasteiger partial charge in [0.15, 0.2) is 0 Å². The number of aromatic nitrogens is 4. The van der Waals surface area contributed by atoms with Crippen LogP contribution in [0.3, 0.4) is 0 Å². The van der Waals surface area contributed by atoms with Crippen LogP contribution in [0.2, 0.25) is 0 Å². The predicted octanol–water partition coefficient (Wildman–Crippen LogP) is 5.29. The lowest BCUT2D eigenvalue weighted by molar-refractivity contribution is 0.101. The largest absolute Gasteiger partial charge is 0.497 e. The Bertz CT molecular complexity index is 1600. The van der Waals surface area contributed by atoms with Crippen LogP contribution in [-0.4, -0.2) is 39.3 Å². The van der Waals surface area contributed by atoms with Gasteiger partial charge in [0.1, 0.15) is 22.8 Å². The molecule has 0 fully saturated rings. The van der Waals surface area contributed by atoms with E-state index in [0.717, 1.165) is 33.6 Å². The monoisotopic (exact) mass is 481 g/mol. The van der Waals surface area contributed by atoms with Crippen LogP contribution in [0.1, 0.15) is 21.6 Å². The van der Waals surface area contributed by atoms with Crippen molar-refractivity contribution < 1.29 is 14.3 Å². The zero-order valence-corrected chi connectivity index (χ0v) is 20.9. The minimum atomic E-state index is -0.260. The average molecular weight is 482 g/mol. The molecule has 1 amide bonds. The Hall–Kier alpha value is -4.59. The van der Waals surface area contributed by atoms with Crippen molar-refractivity contribution in [1.29, 1.82) is 0 Å². The second-order valence-corrected chi connectivity index (χ2v) is 8.68. The minimum Gasteiger partial charge on any atom is -0.497 e. The highest BCUT2D eigenvalue weighted by atomic mass is 16.5. The smallest absolute Gasteiger partial charge is 0.273 e. The number of hydrogen-bond acceptors (Lipinski definition) is 5. The topological polar surface area (TPSA) is 82.7 Å². The molecule has 0 saturated heterocycles. The van der Waals surface area contributed by atoms with E-state index in [-0.39, 0.29) is 5.91 Å². The molecule has 3 heterocycles. The molecule has 8 heteroatoms. The number of rotatable bonds is 6. The summed E-state index contributed by atoms with van der Waals surface area (Å²) < 4.78 is 14.4. The van der Waals surface area contributed by atoms with Gasteiger partial charge in [-0.2, -0.15) is 5.10 Å². The number of benzene rings is 2. The molecular weight excluding hydrogens is 454 g/mol. The Kier molecular flexibility index (Phi) is 5.93. The molecule has 36 heavy (non-hydrogen) atoms. The van der Waals surface area contributed by atoms with E-state index in [1.54, 1.807) is 32.0 Å². The normalized spacial score (nSPS) is 11.0. The zero-order chi connectivity index (χ0) is 25.4. The van der Waals surface area contributed by atoms with Gasteiger partial charge < -0.3 is 19.2 Å². The SMILES string of the molecule is COc1ccc(OC)c(-c2cc(C(=O)Nc3cc(-c4cn5ccc(C)cc5n4)ccc3C)n(C)n2)c1. The summed E-state index contributed by atoms with van der Waals surface area (Å²) in [6.45, 7) is 4.00. The van der Waals surface area contributed by atoms with Crippen LogP contribution < -0.4 is 14.8 Å². The Morgan fingerprint density at radius 1 is 0.944 bits per heavy atom. The van der Waals surface area contributed by atoms with Gasteiger partial charge in [0.25, 0.3) is 5.91 Å². The number of aryl methyl sites for hydroxylation is 3. The first-order chi connectivity index (χ1) is 17.4. The lowest BCUT2D eigenvalue weighted by Gasteiger charge is -2.10. The van der Waals surface area contributed by atoms with E-state index < -0.39 is 0 Å². The maximum atomic E-state index is 13.3. The maximum absolute atomic E-state index is 13.3. The summed E-state index contributed by atoms with van der Waals surface area (Å²) >= 11 is 0. The maximum Gasteiger partial charge on any atom is 0.273 e. The predicted molar refractivity (Wildman–Crippen MR) is 140 cm³/mol. The minimum absolute atomic E-state index is 0.260. The van der Waals surface area contributed by atoms with Gasteiger partial charge in [0.2, 0.25) is 0 Å². The van der Waals surface area contributed by atoms with Crippen LogP contribution >= 0.6 is 0 Å². The fourth-order valence-electron chi connectivity index (χ4n) is 4.15. The first-order valence-electron chi connectivity index (χ1n) is 11.5. The van der Waals surface area contributed by atoms with Gasteiger partial charge >= 0.3 is 0 Å². The van der Waals surface area contributed by atoms with Crippen molar-refractivity contribution in [2.24, 2.45) is 7.05 Å². The highest BCUT2D eigenvalue weighted by Crippen LogP contribution is 2.33. The van der Waals surface area contributed by atoms with E-state index in [9.17, 15) is 4.79 Å². The molecule has 0 aliphatic heterocycles. The summed E-state index contributed by atoms with van der Waals surface area (Å²) in [6.07, 6.45) is 3.98. The molecule has 0 unspecified atom stereocenters. The van der Waals surface area contributed by atoms with Gasteiger partial charge in [-0.05, 0) is 67.4 Å². The Balaban J connectivity index is 1.45. The number of nitrogens with zero attached hydrogens (tertiary/aromatic N) is 4. The number of anilines is 1. The summed E-state index contributed by atoms with van der Waals surface area (Å²) in [5, 5.41) is 7.60. The van der Waals surface area contributed by atoms with Crippen molar-refractivity contribution >= 4 is 17.2 Å². The fourth-order valence-corrected chi connectivity index (χ4v) is 4.15. The molecule has 5 aromatic rings. The lowest BCUT2D eigenvalue weighted by atomic mass is 10.1. The van der Waals surface area contributed by atoms with Crippen molar-refractivity contribution in [3.63, 3.8) is 0 Å². The quantitative estimate of drug-likeness (QED) is 0.356. The average Bonchev–Trinajstić information content (AvgIpc) is 3.48. The first kappa shape index (κ1) is 23.2. The molecule has 0 radical (unpaired) electrons. The molecule has 8 nitrogen and oxygen atoms in total. The van der Waals surface area contributed by atoms with Crippen molar-refractivity contribution in [2.45, 2.75) is 13.8 Å². The van der Waals surface area contributed by atoms with E-state index in [2.05, 4.69) is 10.4 Å². The molecular formula is C28H27N5O3. The number of nitrogens with one attached hydrogen (secondary N) is 1. The Morgan fingerprint density at radius 3 is 2.56 bits per heavy atom. The highest BCUT2D eigenvalue weighted by molar-refractivity contribution is 6.04. The van der Waals surface area contributed by atoms with E-state index in [1.807, 2.05) is 79.2 Å². The van der Waals surface area contributed by atoms with Gasteiger partial charge in [-0.3, -0.25) is 9.48 Å². The molecule has 0 saturated carbocycles. The van der Waals surface area contributed by atoms with Gasteiger partial charge in [-0.25, -0.2) is 4.98 Å². The van der Waals surface area contributed by atoms with Gasteiger partial charge in [-0.15, -0.1) is 0 Å². The number of imidazole rings is 1. The van der Waals surface area contributed by atoms with Crippen molar-refractivity contribution in [3.8, 4) is 34.0 Å². The van der Waals surface area contributed by atoms with Crippen LogP contribution in [-0.2, 0) is 7.05 Å². The lowest BCUT2D eigenvalue weighted by Crippen LogP contribution is -2.16. The van der Waals surface area contributed by atoms with Crippen LogP contribution in [0.25, 0.3) is 28.2 Å². The molecule has 182 valence electrons. The summed E-state index contributed by atoms with van der Waals surface area (Å²) in [5.41, 5.74) is 7.23. The van der Waals surface area contributed by atoms with Crippen LogP contribution in [0.15, 0.2) is 67.0 Å². The first-order valence-corrected chi connectivity index (χ1v) is 11.5. The third-order valence-electron chi connectivity index (χ3n) is 6.19. The van der Waals surface area contributed by atoms with Crippen LogP contribution in [0.5, 0.6) is 11.5 Å². The number of carbonyl (C=O) groups excluding carboxylic acids is 1. The molecule has 0 aliphatic rings. The van der Waals surface area contributed by atoms with Crippen molar-refractivity contribution in [1.82, 2.24) is 19.2 Å². The molecule has 3 aromatic heterocycles. The van der Waals surface area contributed by atoms with Crippen molar-refractivity contribution in [3.05, 3.63) is 83.8 Å². The fraction of sp³-hybridized carbons (Fsp3) is 0.179. The zero-order valence-electron chi connectivity index (χ0n) is 20.9. The second kappa shape index (κ2) is 9.22.